The van der Waals surface area contributed by atoms with Gasteiger partial charge in [0.15, 0.2) is 11.0 Å². The average Bonchev–Trinajstić information content (AvgIpc) is 3.63. The molecule has 1 aliphatic rings. The van der Waals surface area contributed by atoms with E-state index in [1.165, 1.54) is 34.9 Å². The minimum atomic E-state index is -4.44. The van der Waals surface area contributed by atoms with Crippen molar-refractivity contribution in [2.75, 3.05) is 10.7 Å². The van der Waals surface area contributed by atoms with Gasteiger partial charge in [-0.3, -0.25) is 15.0 Å². The Morgan fingerprint density at radius 2 is 1.78 bits per heavy atom. The monoisotopic (exact) mass is 669 g/mol. The molecule has 0 spiro atoms. The van der Waals surface area contributed by atoms with Gasteiger partial charge in [0.05, 0.1) is 22.7 Å². The Bertz CT molecular complexity index is 1760. The lowest BCUT2D eigenvalue weighted by Crippen LogP contribution is -2.41. The Labute approximate surface area is 272 Å². The maximum atomic E-state index is 13.0. The number of thioether (sulfide) groups is 1. The summed E-state index contributed by atoms with van der Waals surface area (Å²) in [5.41, 5.74) is 2.65. The number of carboxylic acid groups (broad SMARTS) is 1. The number of carbonyl (C=O) groups is 2. The van der Waals surface area contributed by atoms with Crippen LogP contribution in [0, 0.1) is 6.92 Å². The topological polar surface area (TPSA) is 125 Å². The summed E-state index contributed by atoms with van der Waals surface area (Å²) in [6, 6.07) is 17.3. The van der Waals surface area contributed by atoms with Crippen LogP contribution < -0.4 is 15.5 Å². The number of hydrogen-bond acceptors (Lipinski definition) is 8. The Kier molecular flexibility index (Phi) is 9.74. The molecule has 240 valence electrons. The van der Waals surface area contributed by atoms with Crippen molar-refractivity contribution in [1.82, 2.24) is 25.4 Å². The van der Waals surface area contributed by atoms with E-state index < -0.39 is 29.5 Å². The number of halogens is 3. The number of aromatic nitrogens is 3. The maximum Gasteiger partial charge on any atom is 0.416 e. The van der Waals surface area contributed by atoms with Crippen molar-refractivity contribution < 1.29 is 27.9 Å². The molecule has 3 aromatic carbocycles. The zero-order chi connectivity index (χ0) is 33.2. The Morgan fingerprint density at radius 1 is 1.09 bits per heavy atom. The van der Waals surface area contributed by atoms with Gasteiger partial charge in [-0.25, -0.2) is 19.5 Å². The smallest absolute Gasteiger partial charge is 0.416 e. The van der Waals surface area contributed by atoms with Crippen LogP contribution in [-0.4, -0.2) is 48.3 Å². The number of anilines is 1. The lowest BCUT2D eigenvalue weighted by molar-refractivity contribution is -0.137. The highest BCUT2D eigenvalue weighted by molar-refractivity contribution is 8.15. The number of amidine groups is 1. The molecule has 1 aliphatic heterocycles. The first-order valence-corrected chi connectivity index (χ1v) is 15.6. The fourth-order valence-electron chi connectivity index (χ4n) is 4.81. The van der Waals surface area contributed by atoms with Crippen LogP contribution in [-0.2, 0) is 11.0 Å². The molecule has 0 radical (unpaired) electrons. The highest BCUT2D eigenvalue weighted by atomic mass is 32.2. The second kappa shape index (κ2) is 13.6. The van der Waals surface area contributed by atoms with Gasteiger partial charge in [-0.15, -0.1) is 17.7 Å². The van der Waals surface area contributed by atoms with E-state index in [0.717, 1.165) is 28.9 Å². The molecule has 1 fully saturated rings. The lowest BCUT2D eigenvalue weighted by Gasteiger charge is -2.24. The first kappa shape index (κ1) is 33.0. The molecule has 46 heavy (non-hydrogen) atoms. The van der Waals surface area contributed by atoms with Crippen LogP contribution in [0.5, 0.6) is 0 Å². The molecule has 2 atom stereocenters. The molecule has 2 amide bonds. The SMILES string of the molecule is Cc1ccc(C(C)C)c(N2C(=O)CS/C2=N\C(S)NC(NC(=O)O)c2ccc(-c3ncn(-c4ccc(C(F)(F)F)cc4)n3)cc2)c1. The van der Waals surface area contributed by atoms with Crippen molar-refractivity contribution in [3.05, 3.63) is 95.3 Å². The van der Waals surface area contributed by atoms with E-state index >= 15 is 0 Å². The number of thiol groups is 1. The molecule has 4 aromatic rings. The van der Waals surface area contributed by atoms with Crippen LogP contribution in [0.1, 0.15) is 48.2 Å². The number of nitrogens with zero attached hydrogens (tertiary/aromatic N) is 5. The van der Waals surface area contributed by atoms with Crippen molar-refractivity contribution in [3.63, 3.8) is 0 Å². The van der Waals surface area contributed by atoms with E-state index in [0.29, 0.717) is 27.8 Å². The molecule has 0 saturated carbocycles. The summed E-state index contributed by atoms with van der Waals surface area (Å²) in [6.07, 6.45) is -5.25. The zero-order valence-corrected chi connectivity index (χ0v) is 26.6. The van der Waals surface area contributed by atoms with Gasteiger partial charge in [0.1, 0.15) is 18.0 Å². The lowest BCUT2D eigenvalue weighted by atomic mass is 9.99. The Hall–Kier alpha value is -4.34. The first-order valence-electron chi connectivity index (χ1n) is 14.1. The zero-order valence-electron chi connectivity index (χ0n) is 24.9. The van der Waals surface area contributed by atoms with Crippen LogP contribution in [0.4, 0.5) is 23.7 Å². The van der Waals surface area contributed by atoms with E-state index in [2.05, 4.69) is 52.2 Å². The van der Waals surface area contributed by atoms with Crippen LogP contribution in [0.25, 0.3) is 17.1 Å². The predicted molar refractivity (Wildman–Crippen MR) is 174 cm³/mol. The summed E-state index contributed by atoms with van der Waals surface area (Å²) in [4.78, 5) is 35.1. The van der Waals surface area contributed by atoms with Crippen LogP contribution >= 0.6 is 24.4 Å². The van der Waals surface area contributed by atoms with Gasteiger partial charge in [-0.1, -0.05) is 62.0 Å². The van der Waals surface area contributed by atoms with Crippen LogP contribution in [0.3, 0.4) is 0 Å². The number of benzene rings is 3. The summed E-state index contributed by atoms with van der Waals surface area (Å²) >= 11 is 5.84. The highest BCUT2D eigenvalue weighted by Gasteiger charge is 2.33. The summed E-state index contributed by atoms with van der Waals surface area (Å²) < 4.78 is 40.1. The third kappa shape index (κ3) is 7.54. The molecule has 2 heterocycles. The molecule has 10 nitrogen and oxygen atoms in total. The molecular formula is C31H30F3N7O3S2. The molecule has 0 bridgehead atoms. The molecule has 1 saturated heterocycles. The van der Waals surface area contributed by atoms with Crippen molar-refractivity contribution >= 4 is 47.2 Å². The summed E-state index contributed by atoms with van der Waals surface area (Å²) in [7, 11) is 0. The third-order valence-electron chi connectivity index (χ3n) is 7.08. The first-order chi connectivity index (χ1) is 21.8. The second-order valence-corrected chi connectivity index (χ2v) is 12.2. The molecule has 15 heteroatoms. The number of carbonyl (C=O) groups excluding carboxylic acids is 1. The molecular weight excluding hydrogens is 640 g/mol. The quantitative estimate of drug-likeness (QED) is 0.117. The summed E-state index contributed by atoms with van der Waals surface area (Å²) in [5, 5.41) is 19.8. The number of aliphatic imine (C=N–C) groups is 1. The van der Waals surface area contributed by atoms with Gasteiger partial charge in [0, 0.05) is 5.56 Å². The van der Waals surface area contributed by atoms with Crippen molar-refractivity contribution in [2.45, 2.75) is 44.5 Å². The number of hydrogen-bond donors (Lipinski definition) is 4. The van der Waals surface area contributed by atoms with E-state index in [-0.39, 0.29) is 17.6 Å². The van der Waals surface area contributed by atoms with Gasteiger partial charge in [-0.2, -0.15) is 13.2 Å². The van der Waals surface area contributed by atoms with Crippen molar-refractivity contribution in [1.29, 1.82) is 0 Å². The van der Waals surface area contributed by atoms with Gasteiger partial charge in [0.25, 0.3) is 0 Å². The average molecular weight is 670 g/mol. The van der Waals surface area contributed by atoms with Crippen LogP contribution in [0.2, 0.25) is 0 Å². The van der Waals surface area contributed by atoms with Gasteiger partial charge >= 0.3 is 12.3 Å². The van der Waals surface area contributed by atoms with E-state index in [9.17, 15) is 27.9 Å². The van der Waals surface area contributed by atoms with Gasteiger partial charge in [0.2, 0.25) is 5.91 Å². The number of aryl methyl sites for hydroxylation is 1. The Morgan fingerprint density at radius 3 is 2.41 bits per heavy atom. The summed E-state index contributed by atoms with van der Waals surface area (Å²) in [6.45, 7) is 6.06. The molecule has 3 N–H and O–H groups in total. The molecule has 2 unspecified atom stereocenters. The van der Waals surface area contributed by atoms with Gasteiger partial charge < -0.3 is 10.4 Å². The van der Waals surface area contributed by atoms with E-state index in [4.69, 9.17) is 0 Å². The fraction of sp³-hybridized carbons (Fsp3) is 0.258. The predicted octanol–water partition coefficient (Wildman–Crippen LogP) is 6.59. The molecule has 0 aliphatic carbocycles. The second-order valence-electron chi connectivity index (χ2n) is 10.7. The van der Waals surface area contributed by atoms with Gasteiger partial charge in [-0.05, 0) is 59.9 Å². The fourth-order valence-corrected chi connectivity index (χ4v) is 6.04. The maximum absolute atomic E-state index is 13.0. The highest BCUT2D eigenvalue weighted by Crippen LogP contribution is 2.35. The standard InChI is InChI=1S/C31H30F3N7O3S2/c1-17(2)23-13-4-18(3)14-24(23)41-25(42)15-46-29(41)38-28(45)36-27(37-30(43)44)20-7-5-19(6-8-20)26-35-16-40(39-26)22-11-9-21(10-12-22)31(32,33)34/h4-14,16-17,27-28,36-37,45H,15H2,1-3H3,(H,43,44)/b38-29-. The van der Waals surface area contributed by atoms with Crippen molar-refractivity contribution in [2.24, 2.45) is 4.99 Å². The Balaban J connectivity index is 1.33. The minimum absolute atomic E-state index is 0.109. The van der Waals surface area contributed by atoms with Crippen molar-refractivity contribution in [3.8, 4) is 17.1 Å². The third-order valence-corrected chi connectivity index (χ3v) is 8.29. The van der Waals surface area contributed by atoms with E-state index in [1.54, 1.807) is 29.2 Å². The number of alkyl halides is 3. The number of rotatable bonds is 9. The largest absolute Gasteiger partial charge is 0.465 e. The molecule has 1 aromatic heterocycles. The minimum Gasteiger partial charge on any atom is -0.465 e. The number of amides is 2. The summed E-state index contributed by atoms with van der Waals surface area (Å²) in [5.74, 6) is 0.592. The van der Waals surface area contributed by atoms with Crippen LogP contribution in [0.15, 0.2) is 78.0 Å². The van der Waals surface area contributed by atoms with E-state index in [1.807, 2.05) is 25.1 Å². The normalized spacial score (nSPS) is 15.9. The number of nitrogens with one attached hydrogen (secondary N) is 2. The molecule has 5 rings (SSSR count).